The third kappa shape index (κ3) is 2.36. The summed E-state index contributed by atoms with van der Waals surface area (Å²) in [5, 5.41) is 9.67. The van der Waals surface area contributed by atoms with Crippen LogP contribution in [0.5, 0.6) is 0 Å². The normalized spacial score (nSPS) is 16.4. The highest BCUT2D eigenvalue weighted by Gasteiger charge is 2.25. The second-order valence-electron chi connectivity index (χ2n) is 6.24. The first-order chi connectivity index (χ1) is 11.1. The number of anilines is 1. The standard InChI is InChI=1S/C16H21N7/c1-11-19-15-13(10-18-22(15)3)16(20-11)23-8-5-12(6-9-23)14-4-7-17-21(14)2/h4,7,10,12H,5-6,8-9H2,1-3H3. The highest BCUT2D eigenvalue weighted by atomic mass is 15.3. The second-order valence-corrected chi connectivity index (χ2v) is 6.24. The molecule has 7 nitrogen and oxygen atoms in total. The minimum atomic E-state index is 0.575. The van der Waals surface area contributed by atoms with Gasteiger partial charge in [-0.15, -0.1) is 0 Å². The largest absolute Gasteiger partial charge is 0.356 e. The van der Waals surface area contributed by atoms with Crippen molar-refractivity contribution >= 4 is 16.9 Å². The summed E-state index contributed by atoms with van der Waals surface area (Å²) in [7, 11) is 3.95. The van der Waals surface area contributed by atoms with Crippen LogP contribution in [0, 0.1) is 6.92 Å². The Labute approximate surface area is 134 Å². The van der Waals surface area contributed by atoms with E-state index < -0.39 is 0 Å². The Balaban J connectivity index is 1.60. The number of aromatic nitrogens is 6. The molecule has 3 aromatic rings. The minimum Gasteiger partial charge on any atom is -0.356 e. The molecular weight excluding hydrogens is 290 g/mol. The zero-order valence-electron chi connectivity index (χ0n) is 13.8. The number of fused-ring (bicyclic) bond motifs is 1. The minimum absolute atomic E-state index is 0.575. The van der Waals surface area contributed by atoms with Gasteiger partial charge >= 0.3 is 0 Å². The topological polar surface area (TPSA) is 64.7 Å². The van der Waals surface area contributed by atoms with Gasteiger partial charge in [0.2, 0.25) is 0 Å². The van der Waals surface area contributed by atoms with Crippen LogP contribution in [0.1, 0.15) is 30.3 Å². The smallest absolute Gasteiger partial charge is 0.163 e. The highest BCUT2D eigenvalue weighted by molar-refractivity contribution is 5.87. The maximum Gasteiger partial charge on any atom is 0.163 e. The average Bonchev–Trinajstić information content (AvgIpc) is 3.14. The van der Waals surface area contributed by atoms with Gasteiger partial charge in [-0.3, -0.25) is 9.36 Å². The predicted octanol–water partition coefficient (Wildman–Crippen LogP) is 1.79. The molecule has 0 aromatic carbocycles. The van der Waals surface area contributed by atoms with Gasteiger partial charge in [-0.1, -0.05) is 0 Å². The van der Waals surface area contributed by atoms with Gasteiger partial charge < -0.3 is 4.90 Å². The lowest BCUT2D eigenvalue weighted by Crippen LogP contribution is -2.34. The summed E-state index contributed by atoms with van der Waals surface area (Å²) < 4.78 is 3.81. The van der Waals surface area contributed by atoms with E-state index in [1.807, 2.05) is 42.8 Å². The number of hydrogen-bond acceptors (Lipinski definition) is 5. The molecule has 0 amide bonds. The van der Waals surface area contributed by atoms with Crippen LogP contribution >= 0.6 is 0 Å². The molecular formula is C16H21N7. The fourth-order valence-corrected chi connectivity index (χ4v) is 3.53. The zero-order valence-corrected chi connectivity index (χ0v) is 13.8. The van der Waals surface area contributed by atoms with Crippen LogP contribution in [0.15, 0.2) is 18.5 Å². The molecule has 7 heteroatoms. The zero-order chi connectivity index (χ0) is 16.0. The molecule has 0 bridgehead atoms. The monoisotopic (exact) mass is 311 g/mol. The summed E-state index contributed by atoms with van der Waals surface area (Å²) >= 11 is 0. The molecule has 23 heavy (non-hydrogen) atoms. The molecule has 1 saturated heterocycles. The fraction of sp³-hybridized carbons (Fsp3) is 0.500. The lowest BCUT2D eigenvalue weighted by molar-refractivity contribution is 0.476. The molecule has 4 rings (SSSR count). The summed E-state index contributed by atoms with van der Waals surface area (Å²) in [6.07, 6.45) is 5.99. The van der Waals surface area contributed by atoms with E-state index in [9.17, 15) is 0 Å². The van der Waals surface area contributed by atoms with Crippen LogP contribution in [-0.2, 0) is 14.1 Å². The van der Waals surface area contributed by atoms with Crippen molar-refractivity contribution in [3.05, 3.63) is 30.0 Å². The first kappa shape index (κ1) is 14.2. The van der Waals surface area contributed by atoms with Crippen molar-refractivity contribution in [1.82, 2.24) is 29.5 Å². The van der Waals surface area contributed by atoms with Gasteiger partial charge in [-0.2, -0.15) is 10.2 Å². The van der Waals surface area contributed by atoms with Crippen molar-refractivity contribution in [3.8, 4) is 0 Å². The van der Waals surface area contributed by atoms with Crippen LogP contribution in [0.2, 0.25) is 0 Å². The molecule has 0 aliphatic carbocycles. The van der Waals surface area contributed by atoms with E-state index in [0.717, 1.165) is 48.6 Å². The highest BCUT2D eigenvalue weighted by Crippen LogP contribution is 2.32. The molecule has 0 unspecified atom stereocenters. The first-order valence-electron chi connectivity index (χ1n) is 8.02. The van der Waals surface area contributed by atoms with Crippen molar-refractivity contribution in [2.45, 2.75) is 25.7 Å². The summed E-state index contributed by atoms with van der Waals surface area (Å²) in [5.74, 6) is 2.39. The van der Waals surface area contributed by atoms with Gasteiger partial charge in [-0.05, 0) is 25.8 Å². The Morgan fingerprint density at radius 1 is 1.04 bits per heavy atom. The SMILES string of the molecule is Cc1nc(N2CCC(c3ccnn3C)CC2)c2cnn(C)c2n1. The molecule has 0 radical (unpaired) electrons. The Hall–Kier alpha value is -2.44. The molecule has 4 heterocycles. The van der Waals surface area contributed by atoms with Crippen molar-refractivity contribution in [1.29, 1.82) is 0 Å². The Bertz CT molecular complexity index is 839. The molecule has 1 aliphatic heterocycles. The van der Waals surface area contributed by atoms with Gasteiger partial charge in [-0.25, -0.2) is 9.97 Å². The summed E-state index contributed by atoms with van der Waals surface area (Å²) in [5.41, 5.74) is 2.23. The molecule has 0 spiro atoms. The molecule has 0 saturated carbocycles. The van der Waals surface area contributed by atoms with E-state index in [4.69, 9.17) is 0 Å². The van der Waals surface area contributed by atoms with Crippen LogP contribution in [-0.4, -0.2) is 42.6 Å². The van der Waals surface area contributed by atoms with Crippen LogP contribution in [0.3, 0.4) is 0 Å². The first-order valence-corrected chi connectivity index (χ1v) is 8.02. The van der Waals surface area contributed by atoms with Crippen molar-refractivity contribution in [2.75, 3.05) is 18.0 Å². The Morgan fingerprint density at radius 2 is 1.83 bits per heavy atom. The van der Waals surface area contributed by atoms with Gasteiger partial charge in [0, 0.05) is 45.0 Å². The molecule has 0 atom stereocenters. The number of piperidine rings is 1. The molecule has 3 aromatic heterocycles. The second kappa shape index (κ2) is 5.33. The van der Waals surface area contributed by atoms with Crippen molar-refractivity contribution in [2.24, 2.45) is 14.1 Å². The predicted molar refractivity (Wildman–Crippen MR) is 88.4 cm³/mol. The summed E-state index contributed by atoms with van der Waals surface area (Å²) in [6, 6.07) is 2.13. The summed E-state index contributed by atoms with van der Waals surface area (Å²) in [4.78, 5) is 11.6. The number of hydrogen-bond donors (Lipinski definition) is 0. The van der Waals surface area contributed by atoms with Crippen molar-refractivity contribution in [3.63, 3.8) is 0 Å². The lowest BCUT2D eigenvalue weighted by atomic mass is 9.93. The number of aryl methyl sites for hydroxylation is 3. The van der Waals surface area contributed by atoms with E-state index in [2.05, 4.69) is 31.1 Å². The lowest BCUT2D eigenvalue weighted by Gasteiger charge is -2.33. The van der Waals surface area contributed by atoms with Crippen LogP contribution in [0.25, 0.3) is 11.0 Å². The average molecular weight is 311 g/mol. The third-order valence-corrected chi connectivity index (χ3v) is 4.76. The third-order valence-electron chi connectivity index (χ3n) is 4.76. The number of nitrogens with zero attached hydrogens (tertiary/aromatic N) is 7. The molecule has 1 aliphatic rings. The number of rotatable bonds is 2. The van der Waals surface area contributed by atoms with Gasteiger partial charge in [0.05, 0.1) is 11.6 Å². The van der Waals surface area contributed by atoms with Crippen molar-refractivity contribution < 1.29 is 0 Å². The summed E-state index contributed by atoms with van der Waals surface area (Å²) in [6.45, 7) is 3.94. The molecule has 1 fully saturated rings. The fourth-order valence-electron chi connectivity index (χ4n) is 3.53. The maximum atomic E-state index is 4.69. The Morgan fingerprint density at radius 3 is 2.52 bits per heavy atom. The van der Waals surface area contributed by atoms with Crippen LogP contribution < -0.4 is 4.90 Å². The van der Waals surface area contributed by atoms with Gasteiger partial charge in [0.1, 0.15) is 11.6 Å². The van der Waals surface area contributed by atoms with E-state index in [1.165, 1.54) is 5.69 Å². The van der Waals surface area contributed by atoms with Crippen LogP contribution in [0.4, 0.5) is 5.82 Å². The molecule has 120 valence electrons. The van der Waals surface area contributed by atoms with Gasteiger partial charge in [0.25, 0.3) is 0 Å². The van der Waals surface area contributed by atoms with Gasteiger partial charge in [0.15, 0.2) is 5.65 Å². The quantitative estimate of drug-likeness (QED) is 0.722. The van der Waals surface area contributed by atoms with E-state index >= 15 is 0 Å². The molecule has 0 N–H and O–H groups in total. The Kier molecular flexibility index (Phi) is 3.28. The van der Waals surface area contributed by atoms with E-state index in [0.29, 0.717) is 5.92 Å². The van der Waals surface area contributed by atoms with E-state index in [-0.39, 0.29) is 0 Å². The maximum absolute atomic E-state index is 4.69. The van der Waals surface area contributed by atoms with E-state index in [1.54, 1.807) is 0 Å².